The van der Waals surface area contributed by atoms with Gasteiger partial charge in [-0.2, -0.15) is 0 Å². The van der Waals surface area contributed by atoms with Gasteiger partial charge in [0.05, 0.1) is 11.7 Å². The first-order valence-electron chi connectivity index (χ1n) is 7.87. The van der Waals surface area contributed by atoms with E-state index in [0.29, 0.717) is 13.1 Å². The lowest BCUT2D eigenvalue weighted by atomic mass is 10.1. The van der Waals surface area contributed by atoms with Crippen molar-refractivity contribution in [1.82, 2.24) is 4.90 Å². The zero-order valence-corrected chi connectivity index (χ0v) is 14.4. The van der Waals surface area contributed by atoms with E-state index in [1.54, 1.807) is 11.8 Å². The average Bonchev–Trinajstić information content (AvgIpc) is 2.89. The summed E-state index contributed by atoms with van der Waals surface area (Å²) in [7, 11) is -3.97. The molecule has 1 aromatic rings. The van der Waals surface area contributed by atoms with Crippen LogP contribution in [0.25, 0.3) is 0 Å². The van der Waals surface area contributed by atoms with Crippen molar-refractivity contribution in [3.63, 3.8) is 0 Å². The first-order valence-corrected chi connectivity index (χ1v) is 9.41. The Balaban J connectivity index is 2.18. The van der Waals surface area contributed by atoms with E-state index in [0.717, 1.165) is 32.3 Å². The number of nitrogens with two attached hydrogens (primary N) is 1. The standard InChI is InChI=1S/C15H24N2O5S/c1-3-7-17(10-12-6-4-5-8-21-12)15(18)13-9-14(22-11(13)2)23(16,19)20/h9,12H,3-8,10H2,1-2H3,(H2,16,19,20)/t12-/m1/s1. The second kappa shape index (κ2) is 7.46. The Bertz CT molecular complexity index is 647. The van der Waals surface area contributed by atoms with Crippen LogP contribution in [0, 0.1) is 6.92 Å². The minimum absolute atomic E-state index is 0.0316. The van der Waals surface area contributed by atoms with Crippen molar-refractivity contribution in [2.24, 2.45) is 5.14 Å². The lowest BCUT2D eigenvalue weighted by molar-refractivity contribution is -0.00387. The highest BCUT2D eigenvalue weighted by molar-refractivity contribution is 7.89. The highest BCUT2D eigenvalue weighted by Crippen LogP contribution is 2.21. The minimum Gasteiger partial charge on any atom is -0.448 e. The SMILES string of the molecule is CCCN(C[C@H]1CCCCO1)C(=O)c1cc(S(N)(=O)=O)oc1C. The van der Waals surface area contributed by atoms with E-state index in [1.165, 1.54) is 6.07 Å². The molecule has 7 nitrogen and oxygen atoms in total. The van der Waals surface area contributed by atoms with Crippen molar-refractivity contribution in [3.8, 4) is 0 Å². The van der Waals surface area contributed by atoms with Gasteiger partial charge >= 0.3 is 0 Å². The van der Waals surface area contributed by atoms with E-state index in [1.807, 2.05) is 6.92 Å². The Kier molecular flexibility index (Phi) is 5.83. The third-order valence-electron chi connectivity index (χ3n) is 3.88. The van der Waals surface area contributed by atoms with Crippen molar-refractivity contribution in [2.45, 2.75) is 50.7 Å². The Morgan fingerprint density at radius 2 is 2.17 bits per heavy atom. The van der Waals surface area contributed by atoms with Crippen LogP contribution in [-0.4, -0.2) is 45.0 Å². The molecule has 1 aromatic heterocycles. The number of hydrogen-bond donors (Lipinski definition) is 1. The fourth-order valence-corrected chi connectivity index (χ4v) is 3.24. The predicted octanol–water partition coefficient (Wildman–Crippen LogP) is 1.66. The third kappa shape index (κ3) is 4.55. The Hall–Kier alpha value is -1.38. The lowest BCUT2D eigenvalue weighted by Crippen LogP contribution is -2.40. The van der Waals surface area contributed by atoms with Gasteiger partial charge in [-0.25, -0.2) is 13.6 Å². The van der Waals surface area contributed by atoms with Gasteiger partial charge in [0.25, 0.3) is 15.9 Å². The summed E-state index contributed by atoms with van der Waals surface area (Å²) in [5.74, 6) is 0.00173. The van der Waals surface area contributed by atoms with Crippen LogP contribution in [0.1, 0.15) is 48.7 Å². The molecule has 0 unspecified atom stereocenters. The number of amides is 1. The van der Waals surface area contributed by atoms with Crippen molar-refractivity contribution < 1.29 is 22.4 Å². The smallest absolute Gasteiger partial charge is 0.271 e. The van der Waals surface area contributed by atoms with Gasteiger partial charge in [-0.3, -0.25) is 4.79 Å². The Morgan fingerprint density at radius 3 is 2.70 bits per heavy atom. The molecule has 8 heteroatoms. The second-order valence-corrected chi connectivity index (χ2v) is 7.31. The first-order chi connectivity index (χ1) is 10.8. The van der Waals surface area contributed by atoms with Crippen LogP contribution in [-0.2, 0) is 14.8 Å². The number of nitrogens with zero attached hydrogens (tertiary/aromatic N) is 1. The third-order valence-corrected chi connectivity index (χ3v) is 4.65. The van der Waals surface area contributed by atoms with Crippen LogP contribution < -0.4 is 5.14 Å². The molecule has 1 saturated heterocycles. The van der Waals surface area contributed by atoms with Crippen molar-refractivity contribution in [2.75, 3.05) is 19.7 Å². The zero-order valence-electron chi connectivity index (χ0n) is 13.6. The van der Waals surface area contributed by atoms with E-state index < -0.39 is 10.0 Å². The molecule has 2 heterocycles. The van der Waals surface area contributed by atoms with Crippen LogP contribution in [0.15, 0.2) is 15.6 Å². The minimum atomic E-state index is -3.97. The summed E-state index contributed by atoms with van der Waals surface area (Å²) >= 11 is 0. The molecule has 130 valence electrons. The highest BCUT2D eigenvalue weighted by atomic mass is 32.2. The van der Waals surface area contributed by atoms with E-state index in [2.05, 4.69) is 0 Å². The summed E-state index contributed by atoms with van der Waals surface area (Å²) in [6.45, 7) is 5.35. The van der Waals surface area contributed by atoms with Gasteiger partial charge < -0.3 is 14.1 Å². The van der Waals surface area contributed by atoms with Gasteiger partial charge in [0.2, 0.25) is 5.09 Å². The quantitative estimate of drug-likeness (QED) is 0.845. The molecule has 0 aliphatic carbocycles. The molecule has 0 bridgehead atoms. The topological polar surface area (TPSA) is 103 Å². The monoisotopic (exact) mass is 344 g/mol. The molecule has 2 N–H and O–H groups in total. The Labute approximate surface area is 136 Å². The van der Waals surface area contributed by atoms with Gasteiger partial charge in [-0.15, -0.1) is 0 Å². The maximum atomic E-state index is 12.7. The molecule has 1 fully saturated rings. The van der Waals surface area contributed by atoms with E-state index >= 15 is 0 Å². The summed E-state index contributed by atoms with van der Waals surface area (Å²) < 4.78 is 33.6. The fourth-order valence-electron chi connectivity index (χ4n) is 2.72. The van der Waals surface area contributed by atoms with E-state index in [9.17, 15) is 13.2 Å². The number of carbonyl (C=O) groups is 1. The molecule has 0 spiro atoms. The molecule has 1 atom stereocenters. The van der Waals surface area contributed by atoms with Gasteiger partial charge in [0, 0.05) is 25.8 Å². The van der Waals surface area contributed by atoms with Crippen molar-refractivity contribution >= 4 is 15.9 Å². The number of primary sulfonamides is 1. The summed E-state index contributed by atoms with van der Waals surface area (Å²) in [5.41, 5.74) is 0.235. The highest BCUT2D eigenvalue weighted by Gasteiger charge is 2.26. The maximum absolute atomic E-state index is 12.7. The normalized spacial score (nSPS) is 18.8. The molecule has 23 heavy (non-hydrogen) atoms. The van der Waals surface area contributed by atoms with Crippen molar-refractivity contribution in [1.29, 1.82) is 0 Å². The largest absolute Gasteiger partial charge is 0.448 e. The van der Waals surface area contributed by atoms with Gasteiger partial charge in [-0.1, -0.05) is 6.92 Å². The van der Waals surface area contributed by atoms with Crippen LogP contribution in [0.3, 0.4) is 0 Å². The first kappa shape index (κ1) is 18.0. The summed E-state index contributed by atoms with van der Waals surface area (Å²) in [4.78, 5) is 14.4. The fraction of sp³-hybridized carbons (Fsp3) is 0.667. The molecular formula is C15H24N2O5S. The van der Waals surface area contributed by atoms with E-state index in [4.69, 9.17) is 14.3 Å². The van der Waals surface area contributed by atoms with E-state index in [-0.39, 0.29) is 28.4 Å². The second-order valence-electron chi connectivity index (χ2n) is 5.82. The number of carbonyl (C=O) groups excluding carboxylic acids is 1. The molecule has 1 aliphatic rings. The number of furan rings is 1. The van der Waals surface area contributed by atoms with Crippen LogP contribution in [0.4, 0.5) is 0 Å². The van der Waals surface area contributed by atoms with Gasteiger partial charge in [-0.05, 0) is 32.6 Å². The van der Waals surface area contributed by atoms with Crippen molar-refractivity contribution in [3.05, 3.63) is 17.4 Å². The molecular weight excluding hydrogens is 320 g/mol. The lowest BCUT2D eigenvalue weighted by Gasteiger charge is -2.29. The summed E-state index contributed by atoms with van der Waals surface area (Å²) in [5, 5.41) is 4.67. The van der Waals surface area contributed by atoms with Gasteiger partial charge in [0.15, 0.2) is 0 Å². The molecule has 0 saturated carbocycles. The maximum Gasteiger partial charge on any atom is 0.271 e. The predicted molar refractivity (Wildman–Crippen MR) is 84.6 cm³/mol. The number of sulfonamides is 1. The molecule has 1 amide bonds. The number of ether oxygens (including phenoxy) is 1. The number of aryl methyl sites for hydroxylation is 1. The zero-order chi connectivity index (χ0) is 17.0. The van der Waals surface area contributed by atoms with Crippen LogP contribution in [0.5, 0.6) is 0 Å². The van der Waals surface area contributed by atoms with Crippen LogP contribution >= 0.6 is 0 Å². The number of hydrogen-bond acceptors (Lipinski definition) is 5. The Morgan fingerprint density at radius 1 is 1.43 bits per heavy atom. The molecule has 0 aromatic carbocycles. The molecule has 0 radical (unpaired) electrons. The van der Waals surface area contributed by atoms with Crippen LogP contribution in [0.2, 0.25) is 0 Å². The van der Waals surface area contributed by atoms with Gasteiger partial charge in [0.1, 0.15) is 5.76 Å². The number of rotatable bonds is 6. The average molecular weight is 344 g/mol. The molecule has 2 rings (SSSR count). The summed E-state index contributed by atoms with van der Waals surface area (Å²) in [6, 6.07) is 1.21. The summed E-state index contributed by atoms with van der Waals surface area (Å²) in [6.07, 6.45) is 3.91. The molecule has 1 aliphatic heterocycles.